The third-order valence-corrected chi connectivity index (χ3v) is 5.03. The summed E-state index contributed by atoms with van der Waals surface area (Å²) in [5, 5.41) is 7.86. The molecule has 0 saturated carbocycles. The highest BCUT2D eigenvalue weighted by molar-refractivity contribution is 5.93. The monoisotopic (exact) mass is 492 g/mol. The lowest BCUT2D eigenvalue weighted by Crippen LogP contribution is -2.00. The highest BCUT2D eigenvalue weighted by Gasteiger charge is 2.07. The Bertz CT molecular complexity index is 1420. The Labute approximate surface area is 213 Å². The average molecular weight is 493 g/mol. The largest absolute Gasteiger partial charge is 0.481 e. The zero-order valence-corrected chi connectivity index (χ0v) is 20.1. The van der Waals surface area contributed by atoms with Crippen molar-refractivity contribution in [2.45, 2.75) is 13.3 Å². The molecule has 0 fully saturated rings. The number of carbonyl (C=O) groups excluding carboxylic acids is 1. The predicted octanol–water partition coefficient (Wildman–Crippen LogP) is 7.04. The van der Waals surface area contributed by atoms with Crippen LogP contribution < -0.4 is 0 Å². The minimum atomic E-state index is -1.06. The number of fused-ring (bicyclic) bond motifs is 2. The number of nitrogens with zero attached hydrogens (tertiary/aromatic N) is 2. The molecule has 0 bridgehead atoms. The molecule has 0 radical (unpaired) electrons. The lowest BCUT2D eigenvalue weighted by molar-refractivity contribution is -0.139. The molecule has 0 atom stereocenters. The Kier molecular flexibility index (Phi) is 8.18. The van der Waals surface area contributed by atoms with Crippen molar-refractivity contribution >= 4 is 34.0 Å². The van der Waals surface area contributed by atoms with Crippen LogP contribution in [0, 0.1) is 0 Å². The fraction of sp³-hybridized carbons (Fsp3) is 0.0667. The Morgan fingerprint density at radius 3 is 1.32 bits per heavy atom. The normalized spacial score (nSPS) is 10.2. The van der Waals surface area contributed by atoms with Gasteiger partial charge in [-0.3, -0.25) is 9.59 Å². The lowest BCUT2D eigenvalue weighted by Gasteiger charge is -1.91. The highest BCUT2D eigenvalue weighted by Crippen LogP contribution is 2.24. The molecule has 2 heterocycles. The summed E-state index contributed by atoms with van der Waals surface area (Å²) in [6, 6.07) is 35.4. The van der Waals surface area contributed by atoms with Crippen molar-refractivity contribution in [3.05, 3.63) is 109 Å². The lowest BCUT2D eigenvalue weighted by atomic mass is 10.2. The standard InChI is InChI=1S/2C13H9NO.C4H6O3/c2*1-2-6-10(7-3-1)13-14-11-8-4-5-9-12(11)15-13;1-3(5)2-4(6)7/h2*1-9H;2H2,1H3,(H,6,7). The molecule has 0 spiro atoms. The summed E-state index contributed by atoms with van der Waals surface area (Å²) >= 11 is 0. The molecule has 0 unspecified atom stereocenters. The van der Waals surface area contributed by atoms with Crippen molar-refractivity contribution in [2.24, 2.45) is 0 Å². The first kappa shape index (κ1) is 25.1. The van der Waals surface area contributed by atoms with Gasteiger partial charge in [-0.05, 0) is 55.5 Å². The molecule has 0 aliphatic heterocycles. The van der Waals surface area contributed by atoms with Crippen LogP contribution >= 0.6 is 0 Å². The van der Waals surface area contributed by atoms with Crippen LogP contribution in [0.25, 0.3) is 45.1 Å². The second-order valence-electron chi connectivity index (χ2n) is 7.98. The smallest absolute Gasteiger partial charge is 0.310 e. The highest BCUT2D eigenvalue weighted by atomic mass is 16.4. The molecule has 184 valence electrons. The first-order chi connectivity index (χ1) is 18.0. The minimum Gasteiger partial charge on any atom is -0.481 e. The van der Waals surface area contributed by atoms with Crippen LogP contribution in [-0.4, -0.2) is 26.8 Å². The Morgan fingerprint density at radius 2 is 1.00 bits per heavy atom. The van der Waals surface area contributed by atoms with Crippen molar-refractivity contribution in [1.82, 2.24) is 9.97 Å². The number of rotatable bonds is 4. The number of oxazole rings is 2. The molecule has 0 saturated heterocycles. The summed E-state index contributed by atoms with van der Waals surface area (Å²) in [7, 11) is 0. The van der Waals surface area contributed by atoms with E-state index in [1.54, 1.807) is 0 Å². The molecule has 37 heavy (non-hydrogen) atoms. The summed E-state index contributed by atoms with van der Waals surface area (Å²) in [6.45, 7) is 1.24. The molecule has 6 aromatic rings. The van der Waals surface area contributed by atoms with E-state index in [0.29, 0.717) is 11.8 Å². The van der Waals surface area contributed by atoms with Gasteiger partial charge in [0.05, 0.1) is 0 Å². The van der Waals surface area contributed by atoms with Crippen LogP contribution in [-0.2, 0) is 9.59 Å². The maximum Gasteiger partial charge on any atom is 0.310 e. The predicted molar refractivity (Wildman–Crippen MR) is 142 cm³/mol. The van der Waals surface area contributed by atoms with Gasteiger partial charge in [0, 0.05) is 11.1 Å². The summed E-state index contributed by atoms with van der Waals surface area (Å²) in [5.74, 6) is -0.0198. The van der Waals surface area contributed by atoms with E-state index >= 15 is 0 Å². The number of benzene rings is 4. The average Bonchev–Trinajstić information content (AvgIpc) is 3.54. The molecule has 0 aliphatic carbocycles. The van der Waals surface area contributed by atoms with Gasteiger partial charge in [-0.15, -0.1) is 0 Å². The minimum absolute atomic E-state index is 0.312. The molecule has 6 rings (SSSR count). The van der Waals surface area contributed by atoms with E-state index in [9.17, 15) is 9.59 Å². The zero-order valence-electron chi connectivity index (χ0n) is 20.1. The summed E-state index contributed by atoms with van der Waals surface area (Å²) in [5.41, 5.74) is 5.47. The molecular weight excluding hydrogens is 468 g/mol. The van der Waals surface area contributed by atoms with Gasteiger partial charge in [0.15, 0.2) is 11.2 Å². The molecule has 7 nitrogen and oxygen atoms in total. The van der Waals surface area contributed by atoms with Gasteiger partial charge in [0.1, 0.15) is 23.2 Å². The van der Waals surface area contributed by atoms with Crippen LogP contribution in [0.15, 0.2) is 118 Å². The number of aliphatic carboxylic acids is 1. The molecule has 7 heteroatoms. The van der Waals surface area contributed by atoms with Gasteiger partial charge in [0.25, 0.3) is 0 Å². The Balaban J connectivity index is 0.000000140. The van der Waals surface area contributed by atoms with Crippen molar-refractivity contribution in [3.63, 3.8) is 0 Å². The van der Waals surface area contributed by atoms with Crippen LogP contribution in [0.2, 0.25) is 0 Å². The van der Waals surface area contributed by atoms with Gasteiger partial charge in [-0.1, -0.05) is 60.7 Å². The van der Waals surface area contributed by atoms with Crippen LogP contribution in [0.5, 0.6) is 0 Å². The number of carboxylic acids is 1. The number of Topliss-reactive ketones (excluding diaryl/α,β-unsaturated/α-hetero) is 1. The van der Waals surface area contributed by atoms with Gasteiger partial charge in [-0.2, -0.15) is 0 Å². The molecule has 2 aromatic heterocycles. The van der Waals surface area contributed by atoms with Crippen LogP contribution in [0.4, 0.5) is 0 Å². The van der Waals surface area contributed by atoms with Gasteiger partial charge in [0.2, 0.25) is 11.8 Å². The second kappa shape index (κ2) is 12.1. The Morgan fingerprint density at radius 1 is 0.622 bits per heavy atom. The first-order valence-electron chi connectivity index (χ1n) is 11.5. The number of carbonyl (C=O) groups is 2. The summed E-state index contributed by atoms with van der Waals surface area (Å²) in [6.07, 6.45) is -0.361. The zero-order chi connectivity index (χ0) is 26.0. The second-order valence-corrected chi connectivity index (χ2v) is 7.98. The molecular formula is C30H24N2O5. The Hall–Kier alpha value is -5.04. The van der Waals surface area contributed by atoms with E-state index in [1.807, 2.05) is 109 Å². The van der Waals surface area contributed by atoms with E-state index in [-0.39, 0.29) is 12.2 Å². The molecule has 4 aromatic carbocycles. The maximum atomic E-state index is 9.87. The van der Waals surface area contributed by atoms with Crippen molar-refractivity contribution in [2.75, 3.05) is 0 Å². The number of hydrogen-bond donors (Lipinski definition) is 1. The van der Waals surface area contributed by atoms with Crippen molar-refractivity contribution in [1.29, 1.82) is 0 Å². The maximum absolute atomic E-state index is 9.87. The summed E-state index contributed by atoms with van der Waals surface area (Å²) < 4.78 is 11.3. The van der Waals surface area contributed by atoms with E-state index in [4.69, 9.17) is 13.9 Å². The third kappa shape index (κ3) is 6.99. The fourth-order valence-electron chi connectivity index (χ4n) is 3.37. The van der Waals surface area contributed by atoms with E-state index in [1.165, 1.54) is 6.92 Å². The molecule has 1 N–H and O–H groups in total. The number of hydrogen-bond acceptors (Lipinski definition) is 6. The number of ketones is 1. The molecule has 0 amide bonds. The summed E-state index contributed by atoms with van der Waals surface area (Å²) in [4.78, 5) is 28.3. The van der Waals surface area contributed by atoms with Crippen LogP contribution in [0.1, 0.15) is 13.3 Å². The number of aromatic nitrogens is 2. The molecule has 0 aliphatic rings. The van der Waals surface area contributed by atoms with Gasteiger partial charge in [-0.25, -0.2) is 9.97 Å². The van der Waals surface area contributed by atoms with E-state index in [2.05, 4.69) is 9.97 Å². The van der Waals surface area contributed by atoms with Crippen LogP contribution in [0.3, 0.4) is 0 Å². The quantitative estimate of drug-likeness (QED) is 0.263. The van der Waals surface area contributed by atoms with Gasteiger partial charge < -0.3 is 13.9 Å². The topological polar surface area (TPSA) is 106 Å². The SMILES string of the molecule is CC(=O)CC(=O)O.c1ccc(-c2nc3ccccc3o2)cc1.c1ccc(-c2nc3ccccc3o2)cc1. The van der Waals surface area contributed by atoms with Gasteiger partial charge >= 0.3 is 5.97 Å². The number of carboxylic acid groups (broad SMARTS) is 1. The number of para-hydroxylation sites is 4. The van der Waals surface area contributed by atoms with Crippen molar-refractivity contribution < 1.29 is 23.5 Å². The van der Waals surface area contributed by atoms with E-state index in [0.717, 1.165) is 33.3 Å². The first-order valence-corrected chi connectivity index (χ1v) is 11.5. The third-order valence-electron chi connectivity index (χ3n) is 5.03. The van der Waals surface area contributed by atoms with E-state index < -0.39 is 5.97 Å². The fourth-order valence-corrected chi connectivity index (χ4v) is 3.37. The van der Waals surface area contributed by atoms with Crippen molar-refractivity contribution in [3.8, 4) is 22.9 Å².